The normalized spacial score (nSPS) is 3.75. The zero-order valence-corrected chi connectivity index (χ0v) is 3.24. The maximum absolute atomic E-state index is 4.31. The van der Waals surface area contributed by atoms with Crippen LogP contribution in [0.3, 0.4) is 0 Å². The maximum atomic E-state index is 4.31. The van der Waals surface area contributed by atoms with Gasteiger partial charge in [0.25, 0.3) is 0 Å². The van der Waals surface area contributed by atoms with Gasteiger partial charge >= 0.3 is 33.7 Å². The molecular formula is C3H3Cu. The van der Waals surface area contributed by atoms with E-state index in [2.05, 4.69) is 26.8 Å². The van der Waals surface area contributed by atoms with E-state index in [-0.39, 0.29) is 0 Å². The van der Waals surface area contributed by atoms with E-state index in [0.717, 1.165) is 0 Å². The van der Waals surface area contributed by atoms with Crippen molar-refractivity contribution in [3.63, 3.8) is 0 Å². The zero-order valence-electron chi connectivity index (χ0n) is 2.30. The third kappa shape index (κ3) is 2.08. The van der Waals surface area contributed by atoms with Gasteiger partial charge in [-0.3, -0.25) is 0 Å². The molecule has 0 radical (unpaired) electrons. The monoisotopic (exact) mass is 102 g/mol. The molecule has 0 aliphatic heterocycles. The molecule has 0 amide bonds. The molecule has 0 saturated carbocycles. The van der Waals surface area contributed by atoms with Gasteiger partial charge in [-0.25, -0.2) is 0 Å². The fourth-order valence-electron chi connectivity index (χ4n) is 0. The van der Waals surface area contributed by atoms with Crippen LogP contribution < -0.4 is 0 Å². The summed E-state index contributed by atoms with van der Waals surface area (Å²) in [5, 5.41) is 0. The van der Waals surface area contributed by atoms with E-state index in [1.165, 1.54) is 0 Å². The van der Waals surface area contributed by atoms with Crippen molar-refractivity contribution in [1.82, 2.24) is 0 Å². The molecule has 0 aromatic rings. The Kier molecular flexibility index (Phi) is 3.14. The van der Waals surface area contributed by atoms with Crippen LogP contribution in [0.15, 0.2) is 0 Å². The molecule has 0 aliphatic carbocycles. The minimum absolute atomic E-state index is 1.71. The molecule has 26 valence electrons. The predicted molar refractivity (Wildman–Crippen MR) is 13.5 cm³/mol. The predicted octanol–water partition coefficient (Wildman–Crippen LogP) is 0.514. The molecule has 0 rings (SSSR count). The van der Waals surface area contributed by atoms with Crippen molar-refractivity contribution in [3.8, 4) is 10.7 Å². The van der Waals surface area contributed by atoms with Gasteiger partial charge in [0.2, 0.25) is 0 Å². The van der Waals surface area contributed by atoms with Gasteiger partial charge < -0.3 is 0 Å². The Morgan fingerprint density at radius 3 is 2.00 bits per heavy atom. The van der Waals surface area contributed by atoms with Crippen LogP contribution in [0.5, 0.6) is 0 Å². The Morgan fingerprint density at radius 2 is 2.00 bits per heavy atom. The van der Waals surface area contributed by atoms with E-state index in [0.29, 0.717) is 0 Å². The van der Waals surface area contributed by atoms with Crippen LogP contribution in [0.2, 0.25) is 0 Å². The van der Waals surface area contributed by atoms with E-state index in [1.54, 1.807) is 6.92 Å². The summed E-state index contributed by atoms with van der Waals surface area (Å²) in [6.07, 6.45) is 0. The summed E-state index contributed by atoms with van der Waals surface area (Å²) < 4.78 is 0. The molecule has 0 aliphatic rings. The topological polar surface area (TPSA) is 0 Å². The first-order chi connectivity index (χ1) is 1.91. The summed E-state index contributed by atoms with van der Waals surface area (Å²) in [5.74, 6) is 2.49. The fourth-order valence-corrected chi connectivity index (χ4v) is 0. The quantitative estimate of drug-likeness (QED) is 0.309. The van der Waals surface area contributed by atoms with Crippen molar-refractivity contribution in [2.75, 3.05) is 0 Å². The van der Waals surface area contributed by atoms with Crippen LogP contribution in [-0.4, -0.2) is 0 Å². The van der Waals surface area contributed by atoms with Crippen molar-refractivity contribution >= 4 is 0 Å². The van der Waals surface area contributed by atoms with Crippen LogP contribution in [-0.2, 0) is 16.0 Å². The van der Waals surface area contributed by atoms with Crippen molar-refractivity contribution in [1.29, 1.82) is 0 Å². The van der Waals surface area contributed by atoms with Crippen LogP contribution in [0, 0.1) is 10.7 Å². The fraction of sp³-hybridized carbons (Fsp3) is 0.333. The molecule has 1 heteroatoms. The third-order valence-electron chi connectivity index (χ3n) is 0.0754. The summed E-state index contributed by atoms with van der Waals surface area (Å²) in [6, 6.07) is 0. The minimum atomic E-state index is 1.71. The average molecular weight is 103 g/mol. The molecule has 4 heavy (non-hydrogen) atoms. The first-order valence-electron chi connectivity index (χ1n) is 0.901. The van der Waals surface area contributed by atoms with E-state index in [9.17, 15) is 0 Å². The van der Waals surface area contributed by atoms with Crippen molar-refractivity contribution in [2.24, 2.45) is 0 Å². The molecule has 0 bridgehead atoms. The van der Waals surface area contributed by atoms with Crippen LogP contribution in [0.4, 0.5) is 0 Å². The summed E-state index contributed by atoms with van der Waals surface area (Å²) in [6.45, 7) is 1.71. The Labute approximate surface area is 34.4 Å². The van der Waals surface area contributed by atoms with Gasteiger partial charge in [-0.2, -0.15) is 0 Å². The van der Waals surface area contributed by atoms with Gasteiger partial charge in [0.05, 0.1) is 0 Å². The second-order valence-corrected chi connectivity index (χ2v) is 0.561. The van der Waals surface area contributed by atoms with Crippen LogP contribution in [0.1, 0.15) is 6.92 Å². The van der Waals surface area contributed by atoms with E-state index in [4.69, 9.17) is 0 Å². The van der Waals surface area contributed by atoms with E-state index >= 15 is 0 Å². The van der Waals surface area contributed by atoms with Crippen LogP contribution in [0.25, 0.3) is 0 Å². The van der Waals surface area contributed by atoms with Gasteiger partial charge in [-0.15, -0.1) is 0 Å². The molecule has 0 nitrogen and oxygen atoms in total. The number of hydrogen-bond acceptors (Lipinski definition) is 0. The SMILES string of the molecule is CC#[C][Cu]. The molecule has 0 spiro atoms. The van der Waals surface area contributed by atoms with Crippen molar-refractivity contribution in [3.05, 3.63) is 0 Å². The second-order valence-electron chi connectivity index (χ2n) is 0.325. The molecule has 0 unspecified atom stereocenters. The summed E-state index contributed by atoms with van der Waals surface area (Å²) in [5.41, 5.74) is 0. The molecule has 0 atom stereocenters. The van der Waals surface area contributed by atoms with Gasteiger partial charge in [0.15, 0.2) is 0 Å². The van der Waals surface area contributed by atoms with E-state index < -0.39 is 0 Å². The van der Waals surface area contributed by atoms with E-state index in [1.807, 2.05) is 0 Å². The standard InChI is InChI=1S/C3H3.Cu/c1-3-2;/h1H3;. The summed E-state index contributed by atoms with van der Waals surface area (Å²) in [7, 11) is 0. The van der Waals surface area contributed by atoms with Gasteiger partial charge in [-0.1, -0.05) is 0 Å². The molecule has 0 aromatic heterocycles. The Hall–Kier alpha value is 0.0795. The van der Waals surface area contributed by atoms with Gasteiger partial charge in [0, 0.05) is 0 Å². The number of rotatable bonds is 0. The van der Waals surface area contributed by atoms with Crippen molar-refractivity contribution in [2.45, 2.75) is 6.92 Å². The Bertz CT molecular complexity index is 40.0. The third-order valence-corrected chi connectivity index (χ3v) is 0.311. The molecule has 0 saturated heterocycles. The molecule has 0 fully saturated rings. The summed E-state index contributed by atoms with van der Waals surface area (Å²) >= 11 is 4.31. The van der Waals surface area contributed by atoms with Gasteiger partial charge in [-0.05, 0) is 0 Å². The Morgan fingerprint density at radius 1 is 1.75 bits per heavy atom. The number of hydrogen-bond donors (Lipinski definition) is 0. The van der Waals surface area contributed by atoms with Crippen LogP contribution >= 0.6 is 0 Å². The molecule has 0 heterocycles. The first kappa shape index (κ1) is 4.08. The molecule has 0 N–H and O–H groups in total. The first-order valence-corrected chi connectivity index (χ1v) is 1.37. The molecule has 0 aromatic carbocycles. The second kappa shape index (κ2) is 3.08. The zero-order chi connectivity index (χ0) is 3.41. The van der Waals surface area contributed by atoms with Crippen molar-refractivity contribution < 1.29 is 16.0 Å². The molecular weight excluding hydrogens is 99.6 g/mol. The summed E-state index contributed by atoms with van der Waals surface area (Å²) in [4.78, 5) is 2.24. The van der Waals surface area contributed by atoms with Gasteiger partial charge in [0.1, 0.15) is 0 Å². The average Bonchev–Trinajstić information content (AvgIpc) is 1.37. The Balaban J connectivity index is 2.83.